The van der Waals surface area contributed by atoms with Gasteiger partial charge in [0.25, 0.3) is 0 Å². The number of rotatable bonds is 3. The minimum absolute atomic E-state index is 0.998. The van der Waals surface area contributed by atoms with Crippen LogP contribution in [0.3, 0.4) is 0 Å². The van der Waals surface area contributed by atoms with Crippen molar-refractivity contribution < 1.29 is 0 Å². The number of aryl methyl sites for hydroxylation is 1. The van der Waals surface area contributed by atoms with Crippen LogP contribution in [0.2, 0.25) is 0 Å². The Labute approximate surface area is 81.8 Å². The summed E-state index contributed by atoms with van der Waals surface area (Å²) in [5.74, 6) is 0. The largest absolute Gasteiger partial charge is 0.265 e. The van der Waals surface area contributed by atoms with Gasteiger partial charge >= 0.3 is 0 Å². The predicted molar refractivity (Wildman–Crippen MR) is 55.8 cm³/mol. The highest BCUT2D eigenvalue weighted by Crippen LogP contribution is 2.21. The third kappa shape index (κ3) is 1.65. The molecule has 13 heavy (non-hydrogen) atoms. The van der Waals surface area contributed by atoms with Gasteiger partial charge < -0.3 is 0 Å². The first-order valence-corrected chi connectivity index (χ1v) is 5.40. The van der Waals surface area contributed by atoms with Crippen LogP contribution in [0.1, 0.15) is 13.3 Å². The van der Waals surface area contributed by atoms with Gasteiger partial charge in [-0.3, -0.25) is 4.68 Å². The molecule has 0 atom stereocenters. The molecule has 0 aliphatic heterocycles. The van der Waals surface area contributed by atoms with Gasteiger partial charge in [0.2, 0.25) is 0 Å². The maximum absolute atomic E-state index is 4.28. The Morgan fingerprint density at radius 2 is 2.38 bits per heavy atom. The summed E-state index contributed by atoms with van der Waals surface area (Å²) in [6, 6.07) is 4.20. The highest BCUT2D eigenvalue weighted by atomic mass is 32.1. The van der Waals surface area contributed by atoms with Gasteiger partial charge in [-0.15, -0.1) is 0 Å². The maximum atomic E-state index is 4.28. The molecule has 2 rings (SSSR count). The van der Waals surface area contributed by atoms with Crippen LogP contribution in [0, 0.1) is 0 Å². The van der Waals surface area contributed by atoms with Crippen molar-refractivity contribution in [3.8, 4) is 11.3 Å². The Hall–Kier alpha value is -1.09. The molecule has 0 fully saturated rings. The number of aromatic nitrogens is 2. The highest BCUT2D eigenvalue weighted by Gasteiger charge is 2.03. The SMILES string of the molecule is CCCn1nccc1-c1ccsc1. The minimum atomic E-state index is 0.998. The second-order valence-electron chi connectivity index (χ2n) is 2.95. The molecule has 2 aromatic rings. The van der Waals surface area contributed by atoms with E-state index in [4.69, 9.17) is 0 Å². The van der Waals surface area contributed by atoms with E-state index in [1.807, 2.05) is 6.20 Å². The molecule has 2 heterocycles. The van der Waals surface area contributed by atoms with E-state index < -0.39 is 0 Å². The van der Waals surface area contributed by atoms with Crippen LogP contribution in [0.25, 0.3) is 11.3 Å². The summed E-state index contributed by atoms with van der Waals surface area (Å²) in [4.78, 5) is 0. The van der Waals surface area contributed by atoms with Gasteiger partial charge in [0.15, 0.2) is 0 Å². The summed E-state index contributed by atoms with van der Waals surface area (Å²) in [5, 5.41) is 8.53. The molecular weight excluding hydrogens is 180 g/mol. The van der Waals surface area contributed by atoms with Crippen molar-refractivity contribution >= 4 is 11.3 Å². The average Bonchev–Trinajstić information content (AvgIpc) is 2.71. The lowest BCUT2D eigenvalue weighted by atomic mass is 10.2. The van der Waals surface area contributed by atoms with Gasteiger partial charge in [-0.25, -0.2) is 0 Å². The molecular formula is C10H12N2S. The molecule has 2 aromatic heterocycles. The van der Waals surface area contributed by atoms with Crippen LogP contribution >= 0.6 is 11.3 Å². The molecule has 0 amide bonds. The Bertz CT molecular complexity index is 362. The van der Waals surface area contributed by atoms with Crippen molar-refractivity contribution in [2.75, 3.05) is 0 Å². The molecule has 68 valence electrons. The van der Waals surface area contributed by atoms with Crippen LogP contribution in [-0.2, 0) is 6.54 Å². The lowest BCUT2D eigenvalue weighted by Gasteiger charge is -2.03. The third-order valence-corrected chi connectivity index (χ3v) is 2.65. The molecule has 0 saturated carbocycles. The fraction of sp³-hybridized carbons (Fsp3) is 0.300. The predicted octanol–water partition coefficient (Wildman–Crippen LogP) is 3.02. The summed E-state index contributed by atoms with van der Waals surface area (Å²) >= 11 is 1.72. The van der Waals surface area contributed by atoms with E-state index in [0.717, 1.165) is 13.0 Å². The van der Waals surface area contributed by atoms with Crippen molar-refractivity contribution in [2.45, 2.75) is 19.9 Å². The van der Waals surface area contributed by atoms with E-state index in [-0.39, 0.29) is 0 Å². The first-order valence-electron chi connectivity index (χ1n) is 4.46. The molecule has 0 spiro atoms. The molecule has 0 aromatic carbocycles. The summed E-state index contributed by atoms with van der Waals surface area (Å²) in [6.07, 6.45) is 2.99. The van der Waals surface area contributed by atoms with E-state index >= 15 is 0 Å². The highest BCUT2D eigenvalue weighted by molar-refractivity contribution is 7.08. The number of nitrogens with zero attached hydrogens (tertiary/aromatic N) is 2. The monoisotopic (exact) mass is 192 g/mol. The Kier molecular flexibility index (Phi) is 2.45. The molecule has 0 aliphatic carbocycles. The summed E-state index contributed by atoms with van der Waals surface area (Å²) in [7, 11) is 0. The first kappa shape index (κ1) is 8.51. The topological polar surface area (TPSA) is 17.8 Å². The maximum Gasteiger partial charge on any atom is 0.0690 e. The van der Waals surface area contributed by atoms with Crippen molar-refractivity contribution in [1.82, 2.24) is 9.78 Å². The minimum Gasteiger partial charge on any atom is -0.265 e. The standard InChI is InChI=1S/C10H12N2S/c1-2-6-12-10(3-5-11-12)9-4-7-13-8-9/h3-5,7-8H,2,6H2,1H3. The van der Waals surface area contributed by atoms with Gasteiger partial charge in [-0.2, -0.15) is 16.4 Å². The van der Waals surface area contributed by atoms with Crippen molar-refractivity contribution in [1.29, 1.82) is 0 Å². The fourth-order valence-electron chi connectivity index (χ4n) is 1.38. The van der Waals surface area contributed by atoms with Crippen LogP contribution in [-0.4, -0.2) is 9.78 Å². The van der Waals surface area contributed by atoms with Crippen LogP contribution in [0.4, 0.5) is 0 Å². The van der Waals surface area contributed by atoms with Crippen LogP contribution < -0.4 is 0 Å². The molecule has 0 unspecified atom stereocenters. The van der Waals surface area contributed by atoms with E-state index in [2.05, 4.69) is 39.6 Å². The van der Waals surface area contributed by atoms with Crippen LogP contribution in [0.5, 0.6) is 0 Å². The van der Waals surface area contributed by atoms with E-state index in [0.29, 0.717) is 0 Å². The lowest BCUT2D eigenvalue weighted by Crippen LogP contribution is -2.00. The molecule has 3 heteroatoms. The summed E-state index contributed by atoms with van der Waals surface area (Å²) in [5.41, 5.74) is 2.50. The molecule has 0 bridgehead atoms. The average molecular weight is 192 g/mol. The number of hydrogen-bond donors (Lipinski definition) is 0. The molecule has 0 radical (unpaired) electrons. The fourth-order valence-corrected chi connectivity index (χ4v) is 2.03. The normalized spacial score (nSPS) is 10.5. The Morgan fingerprint density at radius 1 is 1.46 bits per heavy atom. The second kappa shape index (κ2) is 3.75. The smallest absolute Gasteiger partial charge is 0.0690 e. The van der Waals surface area contributed by atoms with Gasteiger partial charge in [0.1, 0.15) is 0 Å². The number of thiophene rings is 1. The molecule has 0 N–H and O–H groups in total. The zero-order valence-corrected chi connectivity index (χ0v) is 8.42. The Morgan fingerprint density at radius 3 is 3.08 bits per heavy atom. The first-order chi connectivity index (χ1) is 6.42. The lowest BCUT2D eigenvalue weighted by molar-refractivity contribution is 0.609. The molecule has 0 saturated heterocycles. The van der Waals surface area contributed by atoms with Crippen molar-refractivity contribution in [3.05, 3.63) is 29.1 Å². The van der Waals surface area contributed by atoms with E-state index in [1.165, 1.54) is 11.3 Å². The van der Waals surface area contributed by atoms with Gasteiger partial charge in [0, 0.05) is 23.7 Å². The molecule has 0 aliphatic rings. The van der Waals surface area contributed by atoms with Crippen molar-refractivity contribution in [2.24, 2.45) is 0 Å². The van der Waals surface area contributed by atoms with E-state index in [9.17, 15) is 0 Å². The molecule has 2 nitrogen and oxygen atoms in total. The van der Waals surface area contributed by atoms with Crippen LogP contribution in [0.15, 0.2) is 29.1 Å². The van der Waals surface area contributed by atoms with Gasteiger partial charge in [-0.05, 0) is 23.9 Å². The number of hydrogen-bond acceptors (Lipinski definition) is 2. The second-order valence-corrected chi connectivity index (χ2v) is 3.73. The zero-order chi connectivity index (χ0) is 9.10. The summed E-state index contributed by atoms with van der Waals surface area (Å²) in [6.45, 7) is 3.16. The van der Waals surface area contributed by atoms with Gasteiger partial charge in [-0.1, -0.05) is 6.92 Å². The quantitative estimate of drug-likeness (QED) is 0.731. The van der Waals surface area contributed by atoms with Gasteiger partial charge in [0.05, 0.1) is 5.69 Å². The third-order valence-electron chi connectivity index (χ3n) is 1.97. The Balaban J connectivity index is 2.35. The van der Waals surface area contributed by atoms with Crippen molar-refractivity contribution in [3.63, 3.8) is 0 Å². The zero-order valence-electron chi connectivity index (χ0n) is 7.60. The summed E-state index contributed by atoms with van der Waals surface area (Å²) < 4.78 is 2.06. The van der Waals surface area contributed by atoms with E-state index in [1.54, 1.807) is 11.3 Å².